The number of cyclic esters (lactones) is 1. The summed E-state index contributed by atoms with van der Waals surface area (Å²) < 4.78 is 22.5. The number of aliphatic hydroxyl groups is 1. The van der Waals surface area contributed by atoms with Crippen LogP contribution in [0.25, 0.3) is 0 Å². The molecule has 0 bridgehead atoms. The van der Waals surface area contributed by atoms with Crippen molar-refractivity contribution < 1.29 is 38.4 Å². The van der Waals surface area contributed by atoms with Gasteiger partial charge in [0.2, 0.25) is 12.6 Å². The molecule has 1 N–H and O–H groups in total. The summed E-state index contributed by atoms with van der Waals surface area (Å²) in [5.74, 6) is 0.0136. The van der Waals surface area contributed by atoms with Gasteiger partial charge in [-0.05, 0) is 73.5 Å². The molecule has 1 saturated heterocycles. The number of carbonyl (C=O) groups is 3. The number of carbonyl (C=O) groups excluding carboxylic acids is 3. The summed E-state index contributed by atoms with van der Waals surface area (Å²) in [6.07, 6.45) is 6.75. The van der Waals surface area contributed by atoms with Gasteiger partial charge in [-0.15, -0.1) is 0 Å². The fourth-order valence-electron chi connectivity index (χ4n) is 9.57. The van der Waals surface area contributed by atoms with Crippen molar-refractivity contribution in [3.63, 3.8) is 0 Å². The zero-order valence-electron chi connectivity index (χ0n) is 22.8. The molecule has 2 aliphatic heterocycles. The van der Waals surface area contributed by atoms with E-state index in [9.17, 15) is 19.5 Å². The van der Waals surface area contributed by atoms with Crippen molar-refractivity contribution in [2.24, 2.45) is 39.9 Å². The second kappa shape index (κ2) is 9.37. The van der Waals surface area contributed by atoms with E-state index in [4.69, 9.17) is 18.9 Å². The maximum atomic E-state index is 12.0. The first-order chi connectivity index (χ1) is 17.4. The van der Waals surface area contributed by atoms with E-state index in [1.165, 1.54) is 19.9 Å². The van der Waals surface area contributed by atoms with E-state index in [1.54, 1.807) is 0 Å². The molecule has 0 unspecified atom stereocenters. The number of aliphatic hydroxyl groups excluding tert-OH is 1. The van der Waals surface area contributed by atoms with Crippen molar-refractivity contribution in [3.8, 4) is 0 Å². The highest BCUT2D eigenvalue weighted by Gasteiger charge is 2.65. The predicted molar refractivity (Wildman–Crippen MR) is 132 cm³/mol. The molecule has 4 fully saturated rings. The van der Waals surface area contributed by atoms with Gasteiger partial charge in [-0.3, -0.25) is 9.59 Å². The van der Waals surface area contributed by atoms with Crippen molar-refractivity contribution in [2.45, 2.75) is 105 Å². The van der Waals surface area contributed by atoms with Gasteiger partial charge in [0.05, 0.1) is 12.7 Å². The lowest BCUT2D eigenvalue weighted by Gasteiger charge is -2.68. The lowest BCUT2D eigenvalue weighted by molar-refractivity contribution is -0.271. The van der Waals surface area contributed by atoms with E-state index in [-0.39, 0.29) is 34.1 Å². The summed E-state index contributed by atoms with van der Waals surface area (Å²) in [6.45, 7) is 10.5. The molecule has 0 amide bonds. The summed E-state index contributed by atoms with van der Waals surface area (Å²) >= 11 is 0. The highest BCUT2D eigenvalue weighted by Crippen LogP contribution is 2.70. The molecule has 0 aromatic heterocycles. The Balaban J connectivity index is 1.47. The quantitative estimate of drug-likeness (QED) is 0.434. The van der Waals surface area contributed by atoms with E-state index in [0.29, 0.717) is 30.4 Å². The molecule has 5 aliphatic rings. The van der Waals surface area contributed by atoms with Gasteiger partial charge in [-0.2, -0.15) is 0 Å². The Morgan fingerprint density at radius 1 is 1.03 bits per heavy atom. The fourth-order valence-corrected chi connectivity index (χ4v) is 9.57. The van der Waals surface area contributed by atoms with E-state index < -0.39 is 30.6 Å². The van der Waals surface area contributed by atoms with Crippen LogP contribution in [0.2, 0.25) is 0 Å². The summed E-state index contributed by atoms with van der Waals surface area (Å²) in [5.41, 5.74) is 0.480. The lowest BCUT2D eigenvalue weighted by atomic mass is 9.38. The van der Waals surface area contributed by atoms with Crippen molar-refractivity contribution >= 4 is 17.9 Å². The largest absolute Gasteiger partial charge is 0.465 e. The third-order valence-corrected chi connectivity index (χ3v) is 11.0. The summed E-state index contributed by atoms with van der Waals surface area (Å²) in [6, 6.07) is 0. The molecular formula is C29H42O8. The molecule has 5 rings (SSSR count). The summed E-state index contributed by atoms with van der Waals surface area (Å²) in [5, 5.41) is 10.4. The van der Waals surface area contributed by atoms with Crippen molar-refractivity contribution in [1.82, 2.24) is 0 Å². The number of esters is 3. The number of hydrogen-bond acceptors (Lipinski definition) is 8. The summed E-state index contributed by atoms with van der Waals surface area (Å²) in [7, 11) is 0. The Morgan fingerprint density at radius 2 is 1.78 bits per heavy atom. The third-order valence-electron chi connectivity index (χ3n) is 11.0. The van der Waals surface area contributed by atoms with Gasteiger partial charge in [0.25, 0.3) is 0 Å². The van der Waals surface area contributed by atoms with Gasteiger partial charge < -0.3 is 24.1 Å². The smallest absolute Gasteiger partial charge is 0.333 e. The Bertz CT molecular complexity index is 990. The number of rotatable bonds is 4. The summed E-state index contributed by atoms with van der Waals surface area (Å²) in [4.78, 5) is 35.6. The molecule has 3 aliphatic carbocycles. The van der Waals surface area contributed by atoms with Crippen LogP contribution in [0.5, 0.6) is 0 Å². The first-order valence-corrected chi connectivity index (χ1v) is 13.9. The number of ether oxygens (including phenoxy) is 4. The zero-order chi connectivity index (χ0) is 26.8. The average Bonchev–Trinajstić information content (AvgIpc) is 3.15. The van der Waals surface area contributed by atoms with Gasteiger partial charge in [-0.1, -0.05) is 27.2 Å². The van der Waals surface area contributed by atoms with Crippen LogP contribution >= 0.6 is 0 Å². The minimum Gasteiger partial charge on any atom is -0.465 e. The minimum atomic E-state index is -1.33. The molecule has 0 aromatic rings. The topological polar surface area (TPSA) is 108 Å². The van der Waals surface area contributed by atoms with Crippen molar-refractivity contribution in [2.75, 3.05) is 6.61 Å². The van der Waals surface area contributed by atoms with Gasteiger partial charge in [0, 0.05) is 36.8 Å². The second-order valence-electron chi connectivity index (χ2n) is 13.1. The molecular weight excluding hydrogens is 476 g/mol. The molecule has 206 valence electrons. The number of hydrogen-bond donors (Lipinski definition) is 1. The Hall–Kier alpha value is -1.93. The first-order valence-electron chi connectivity index (χ1n) is 13.9. The van der Waals surface area contributed by atoms with Crippen LogP contribution < -0.4 is 0 Å². The fraction of sp³-hybridized carbons (Fsp3) is 0.828. The SMILES string of the molecule is CC(=O)OC[C@@]1(C)CCC[C@]2(C)[C@H]3CC[C@@H]4[C@H](OC(C)=O)O[C@@H](C5=CC(=O)O[C@H]5O)C[C@H]4[C@]3(C)CC[C@H]12. The highest BCUT2D eigenvalue weighted by molar-refractivity contribution is 5.85. The van der Waals surface area contributed by atoms with Crippen LogP contribution in [0.4, 0.5) is 0 Å². The molecule has 0 spiro atoms. The van der Waals surface area contributed by atoms with E-state index in [0.717, 1.165) is 44.9 Å². The molecule has 8 heteroatoms. The predicted octanol–water partition coefficient (Wildman–Crippen LogP) is 4.28. The van der Waals surface area contributed by atoms with E-state index >= 15 is 0 Å². The molecule has 10 atom stereocenters. The third kappa shape index (κ3) is 4.42. The zero-order valence-corrected chi connectivity index (χ0v) is 22.8. The molecule has 37 heavy (non-hydrogen) atoms. The molecule has 2 heterocycles. The number of fused-ring (bicyclic) bond motifs is 5. The normalized spacial score (nSPS) is 47.0. The molecule has 8 nitrogen and oxygen atoms in total. The maximum absolute atomic E-state index is 12.0. The van der Waals surface area contributed by atoms with Gasteiger partial charge in [0.1, 0.15) is 0 Å². The van der Waals surface area contributed by atoms with Crippen LogP contribution in [-0.4, -0.2) is 48.3 Å². The second-order valence-corrected chi connectivity index (χ2v) is 13.1. The van der Waals surface area contributed by atoms with Gasteiger partial charge in [-0.25, -0.2) is 4.79 Å². The van der Waals surface area contributed by atoms with Gasteiger partial charge in [0.15, 0.2) is 0 Å². The molecule has 0 radical (unpaired) electrons. The van der Waals surface area contributed by atoms with E-state index in [1.807, 2.05) is 0 Å². The Morgan fingerprint density at radius 3 is 2.43 bits per heavy atom. The molecule has 0 aromatic carbocycles. The average molecular weight is 519 g/mol. The Labute approximate surface area is 219 Å². The lowest BCUT2D eigenvalue weighted by Crippen LogP contribution is -2.63. The van der Waals surface area contributed by atoms with Crippen LogP contribution in [0.1, 0.15) is 86.0 Å². The van der Waals surface area contributed by atoms with Crippen LogP contribution in [0.15, 0.2) is 11.6 Å². The highest BCUT2D eigenvalue weighted by atomic mass is 16.7. The van der Waals surface area contributed by atoms with Crippen molar-refractivity contribution in [3.05, 3.63) is 11.6 Å². The van der Waals surface area contributed by atoms with Crippen LogP contribution in [-0.2, 0) is 33.3 Å². The van der Waals surface area contributed by atoms with Crippen molar-refractivity contribution in [1.29, 1.82) is 0 Å². The Kier molecular flexibility index (Phi) is 6.75. The standard InChI is InChI=1S/C29H42O8/c1-16(30)34-15-27(3)10-6-11-29(5)22(27)9-12-28(4)20-14-21(19-13-24(32)37-25(19)33)36-26(35-17(2)31)18(20)7-8-23(28)29/h13,18,20-23,25-26,33H,6-12,14-15H2,1-5H3/t18-,20+,21+,22+,23-,25+,26+,27+,28-,29-/m0/s1. The minimum absolute atomic E-state index is 0.0107. The monoisotopic (exact) mass is 518 g/mol. The first kappa shape index (κ1) is 26.7. The van der Waals surface area contributed by atoms with Crippen LogP contribution in [0.3, 0.4) is 0 Å². The molecule has 3 saturated carbocycles. The maximum Gasteiger partial charge on any atom is 0.333 e. The van der Waals surface area contributed by atoms with E-state index in [2.05, 4.69) is 20.8 Å². The van der Waals surface area contributed by atoms with Gasteiger partial charge >= 0.3 is 17.9 Å². The van der Waals surface area contributed by atoms with Crippen LogP contribution in [0, 0.1) is 39.9 Å².